The number of ether oxygens (including phenoxy) is 3. The summed E-state index contributed by atoms with van der Waals surface area (Å²) in [6.45, 7) is 1.70. The van der Waals surface area contributed by atoms with Gasteiger partial charge < -0.3 is 30.0 Å². The second-order valence-corrected chi connectivity index (χ2v) is 4.51. The normalized spacial score (nSPS) is 18.1. The number of hydrogen-bond acceptors (Lipinski definition) is 6. The average molecular weight is 296 g/mol. The Balaban J connectivity index is 2.03. The van der Waals surface area contributed by atoms with Crippen LogP contribution < -0.4 is 20.1 Å². The van der Waals surface area contributed by atoms with E-state index in [1.54, 1.807) is 18.2 Å². The third kappa shape index (κ3) is 4.32. The van der Waals surface area contributed by atoms with Crippen molar-refractivity contribution in [3.63, 3.8) is 0 Å². The van der Waals surface area contributed by atoms with E-state index >= 15 is 0 Å². The Hall–Kier alpha value is -1.83. The molecular formula is C14H20N2O5. The van der Waals surface area contributed by atoms with Gasteiger partial charge in [-0.1, -0.05) is 0 Å². The monoisotopic (exact) mass is 296 g/mol. The van der Waals surface area contributed by atoms with Gasteiger partial charge in [0.1, 0.15) is 12.6 Å². The predicted octanol–water partition coefficient (Wildman–Crippen LogP) is -0.00680. The molecule has 1 aromatic carbocycles. The van der Waals surface area contributed by atoms with Crippen LogP contribution in [0.5, 0.6) is 11.5 Å². The van der Waals surface area contributed by atoms with Gasteiger partial charge in [-0.15, -0.1) is 0 Å². The minimum atomic E-state index is -0.359. The van der Waals surface area contributed by atoms with Gasteiger partial charge in [0.2, 0.25) is 5.91 Å². The van der Waals surface area contributed by atoms with Crippen molar-refractivity contribution >= 4 is 11.6 Å². The first-order valence-electron chi connectivity index (χ1n) is 6.78. The molecule has 0 aliphatic carbocycles. The van der Waals surface area contributed by atoms with Gasteiger partial charge >= 0.3 is 0 Å². The number of methoxy groups -OCH3 is 1. The molecule has 0 saturated carbocycles. The number of rotatable bonds is 6. The Labute approximate surface area is 123 Å². The lowest BCUT2D eigenvalue weighted by molar-refractivity contribution is -0.120. The van der Waals surface area contributed by atoms with Crippen LogP contribution in [0.15, 0.2) is 18.2 Å². The van der Waals surface area contributed by atoms with Crippen molar-refractivity contribution < 1.29 is 24.1 Å². The van der Waals surface area contributed by atoms with Crippen molar-refractivity contribution in [2.45, 2.75) is 6.04 Å². The van der Waals surface area contributed by atoms with Gasteiger partial charge in [-0.2, -0.15) is 0 Å². The minimum Gasteiger partial charge on any atom is -0.493 e. The molecule has 0 radical (unpaired) electrons. The van der Waals surface area contributed by atoms with Crippen LogP contribution in [0.4, 0.5) is 5.69 Å². The fraction of sp³-hybridized carbons (Fsp3) is 0.500. The Kier molecular flexibility index (Phi) is 5.79. The largest absolute Gasteiger partial charge is 0.493 e. The molecule has 0 aromatic heterocycles. The molecule has 1 aliphatic rings. The second kappa shape index (κ2) is 7.82. The van der Waals surface area contributed by atoms with Crippen LogP contribution in [-0.4, -0.2) is 57.1 Å². The van der Waals surface area contributed by atoms with Crippen molar-refractivity contribution in [1.29, 1.82) is 0 Å². The summed E-state index contributed by atoms with van der Waals surface area (Å²) in [6.07, 6.45) is 0. The van der Waals surface area contributed by atoms with Gasteiger partial charge in [0.15, 0.2) is 11.5 Å². The van der Waals surface area contributed by atoms with Gasteiger partial charge in [0.25, 0.3) is 0 Å². The summed E-state index contributed by atoms with van der Waals surface area (Å²) in [7, 11) is 1.53. The molecule has 1 aliphatic heterocycles. The fourth-order valence-electron chi connectivity index (χ4n) is 1.99. The fourth-order valence-corrected chi connectivity index (χ4v) is 1.99. The van der Waals surface area contributed by atoms with Crippen LogP contribution in [0.3, 0.4) is 0 Å². The maximum absolute atomic E-state index is 12.1. The van der Waals surface area contributed by atoms with Crippen LogP contribution in [0.2, 0.25) is 0 Å². The number of carbonyl (C=O) groups excluding carboxylic acids is 1. The Morgan fingerprint density at radius 2 is 2.38 bits per heavy atom. The van der Waals surface area contributed by atoms with E-state index < -0.39 is 0 Å². The molecule has 1 unspecified atom stereocenters. The van der Waals surface area contributed by atoms with Crippen molar-refractivity contribution in [3.05, 3.63) is 18.2 Å². The predicted molar refractivity (Wildman–Crippen MR) is 76.8 cm³/mol. The maximum Gasteiger partial charge on any atom is 0.243 e. The average Bonchev–Trinajstić information content (AvgIpc) is 2.54. The van der Waals surface area contributed by atoms with Crippen molar-refractivity contribution in [2.24, 2.45) is 0 Å². The highest BCUT2D eigenvalue weighted by Gasteiger charge is 2.21. The highest BCUT2D eigenvalue weighted by Crippen LogP contribution is 2.30. The van der Waals surface area contributed by atoms with Crippen molar-refractivity contribution in [2.75, 3.05) is 45.4 Å². The van der Waals surface area contributed by atoms with Crippen LogP contribution in [0.25, 0.3) is 0 Å². The number of aliphatic hydroxyl groups excluding tert-OH is 1. The van der Waals surface area contributed by atoms with E-state index in [-0.39, 0.29) is 25.2 Å². The summed E-state index contributed by atoms with van der Waals surface area (Å²) in [5.74, 6) is 0.853. The number of nitrogens with one attached hydrogen (secondary N) is 2. The third-order valence-corrected chi connectivity index (χ3v) is 3.02. The first kappa shape index (κ1) is 15.6. The standard InChI is InChI=1S/C14H20N2O5/c1-19-12-3-2-10(8-13(12)21-7-5-17)16-14(18)11-9-20-6-4-15-11/h2-3,8,11,15,17H,4-7,9H2,1H3,(H,16,18). The zero-order valence-electron chi connectivity index (χ0n) is 11.9. The van der Waals surface area contributed by atoms with E-state index in [0.717, 1.165) is 0 Å². The number of morpholine rings is 1. The van der Waals surface area contributed by atoms with E-state index in [1.165, 1.54) is 7.11 Å². The van der Waals surface area contributed by atoms with Crippen LogP contribution in [-0.2, 0) is 9.53 Å². The molecule has 1 fully saturated rings. The molecule has 1 aromatic rings. The first-order chi connectivity index (χ1) is 10.2. The highest BCUT2D eigenvalue weighted by atomic mass is 16.5. The molecule has 0 spiro atoms. The SMILES string of the molecule is COc1ccc(NC(=O)C2COCCN2)cc1OCCO. The van der Waals surface area contributed by atoms with Gasteiger partial charge in [0, 0.05) is 18.3 Å². The molecule has 21 heavy (non-hydrogen) atoms. The van der Waals surface area contributed by atoms with Crippen molar-refractivity contribution in [1.82, 2.24) is 5.32 Å². The Morgan fingerprint density at radius 3 is 3.05 bits per heavy atom. The van der Waals surface area contributed by atoms with Gasteiger partial charge in [-0.25, -0.2) is 0 Å². The van der Waals surface area contributed by atoms with Crippen molar-refractivity contribution in [3.8, 4) is 11.5 Å². The lowest BCUT2D eigenvalue weighted by Gasteiger charge is -2.23. The molecule has 7 nitrogen and oxygen atoms in total. The molecule has 116 valence electrons. The van der Waals surface area contributed by atoms with Gasteiger partial charge in [-0.05, 0) is 12.1 Å². The maximum atomic E-state index is 12.1. The molecule has 0 bridgehead atoms. The molecule has 1 atom stereocenters. The highest BCUT2D eigenvalue weighted by molar-refractivity contribution is 5.95. The molecule has 1 heterocycles. The van der Waals surface area contributed by atoms with Gasteiger partial charge in [0.05, 0.1) is 26.9 Å². The topological polar surface area (TPSA) is 89.1 Å². The third-order valence-electron chi connectivity index (χ3n) is 3.02. The quantitative estimate of drug-likeness (QED) is 0.684. The number of hydrogen-bond donors (Lipinski definition) is 3. The van der Waals surface area contributed by atoms with Crippen LogP contribution in [0, 0.1) is 0 Å². The molecule has 3 N–H and O–H groups in total. The molecular weight excluding hydrogens is 276 g/mol. The lowest BCUT2D eigenvalue weighted by atomic mass is 10.2. The van der Waals surface area contributed by atoms with Crippen LogP contribution in [0.1, 0.15) is 0 Å². The number of amides is 1. The summed E-state index contributed by atoms with van der Waals surface area (Å²) < 4.78 is 15.8. The molecule has 2 rings (SSSR count). The smallest absolute Gasteiger partial charge is 0.243 e. The van der Waals surface area contributed by atoms with E-state index in [4.69, 9.17) is 19.3 Å². The zero-order chi connectivity index (χ0) is 15.1. The second-order valence-electron chi connectivity index (χ2n) is 4.51. The Bertz CT molecular complexity index is 474. The minimum absolute atomic E-state index is 0.0942. The number of aliphatic hydroxyl groups is 1. The molecule has 7 heteroatoms. The number of benzene rings is 1. The molecule has 1 amide bonds. The first-order valence-corrected chi connectivity index (χ1v) is 6.78. The number of carbonyl (C=O) groups is 1. The summed E-state index contributed by atoms with van der Waals surface area (Å²) in [5, 5.41) is 14.7. The lowest BCUT2D eigenvalue weighted by Crippen LogP contribution is -2.48. The summed E-state index contributed by atoms with van der Waals surface area (Å²) in [4.78, 5) is 12.1. The zero-order valence-corrected chi connectivity index (χ0v) is 11.9. The Morgan fingerprint density at radius 1 is 1.52 bits per heavy atom. The van der Waals surface area contributed by atoms with E-state index in [9.17, 15) is 4.79 Å². The summed E-state index contributed by atoms with van der Waals surface area (Å²) in [5.41, 5.74) is 0.598. The molecule has 1 saturated heterocycles. The summed E-state index contributed by atoms with van der Waals surface area (Å²) >= 11 is 0. The van der Waals surface area contributed by atoms with Crippen LogP contribution >= 0.6 is 0 Å². The van der Waals surface area contributed by atoms with E-state index in [1.807, 2.05) is 0 Å². The number of anilines is 1. The summed E-state index contributed by atoms with van der Waals surface area (Å²) in [6, 6.07) is 4.73. The van der Waals surface area contributed by atoms with E-state index in [0.29, 0.717) is 36.9 Å². The van der Waals surface area contributed by atoms with E-state index in [2.05, 4.69) is 10.6 Å². The van der Waals surface area contributed by atoms with Gasteiger partial charge in [-0.3, -0.25) is 4.79 Å².